The van der Waals surface area contributed by atoms with Crippen molar-refractivity contribution in [3.05, 3.63) is 108 Å². The molecule has 0 bridgehead atoms. The predicted molar refractivity (Wildman–Crippen MR) is 134 cm³/mol. The SMILES string of the molecule is COCCOCCOC[C@H](NC(c1ccccc1)(c1ccccc1)c1ccccc1)C(C)C. The molecule has 0 fully saturated rings. The maximum absolute atomic E-state index is 6.06. The number of hydrogen-bond donors (Lipinski definition) is 1. The lowest BCUT2D eigenvalue weighted by Crippen LogP contribution is -2.53. The molecule has 4 nitrogen and oxygen atoms in total. The molecule has 4 heteroatoms. The van der Waals surface area contributed by atoms with Crippen molar-refractivity contribution in [1.29, 1.82) is 0 Å². The molecule has 0 unspecified atom stereocenters. The molecule has 176 valence electrons. The normalized spacial score (nSPS) is 12.7. The van der Waals surface area contributed by atoms with E-state index in [1.165, 1.54) is 16.7 Å². The Balaban J connectivity index is 1.91. The van der Waals surface area contributed by atoms with Crippen molar-refractivity contribution in [2.45, 2.75) is 25.4 Å². The van der Waals surface area contributed by atoms with Gasteiger partial charge in [-0.25, -0.2) is 0 Å². The van der Waals surface area contributed by atoms with Crippen LogP contribution in [0.4, 0.5) is 0 Å². The first-order chi connectivity index (χ1) is 16.2. The first kappa shape index (κ1) is 25.1. The maximum atomic E-state index is 6.06. The van der Waals surface area contributed by atoms with Crippen LogP contribution >= 0.6 is 0 Å². The number of benzene rings is 3. The molecule has 1 atom stereocenters. The molecule has 0 saturated carbocycles. The molecule has 3 rings (SSSR count). The molecule has 0 aliphatic heterocycles. The van der Waals surface area contributed by atoms with Crippen LogP contribution in [-0.2, 0) is 19.7 Å². The van der Waals surface area contributed by atoms with Gasteiger partial charge in [-0.2, -0.15) is 0 Å². The molecule has 0 amide bonds. The second kappa shape index (κ2) is 13.3. The summed E-state index contributed by atoms with van der Waals surface area (Å²) >= 11 is 0. The highest BCUT2D eigenvalue weighted by Gasteiger charge is 2.38. The van der Waals surface area contributed by atoms with Gasteiger partial charge in [0.25, 0.3) is 0 Å². The third-order valence-corrected chi connectivity index (χ3v) is 5.93. The van der Waals surface area contributed by atoms with Gasteiger partial charge in [-0.1, -0.05) is 105 Å². The Morgan fingerprint density at radius 1 is 0.636 bits per heavy atom. The summed E-state index contributed by atoms with van der Waals surface area (Å²) in [5.74, 6) is 0.370. The van der Waals surface area contributed by atoms with Crippen LogP contribution in [0.1, 0.15) is 30.5 Å². The summed E-state index contributed by atoms with van der Waals surface area (Å²) in [6.07, 6.45) is 0. The Labute approximate surface area is 198 Å². The Morgan fingerprint density at radius 3 is 1.48 bits per heavy atom. The largest absolute Gasteiger partial charge is 0.382 e. The van der Waals surface area contributed by atoms with Crippen LogP contribution < -0.4 is 5.32 Å². The Hall–Kier alpha value is -2.50. The topological polar surface area (TPSA) is 39.7 Å². The quantitative estimate of drug-likeness (QED) is 0.270. The average Bonchev–Trinajstić information content (AvgIpc) is 2.87. The molecule has 0 aromatic heterocycles. The Kier molecular flexibility index (Phi) is 10.1. The van der Waals surface area contributed by atoms with Crippen LogP contribution in [0.5, 0.6) is 0 Å². The summed E-state index contributed by atoms with van der Waals surface area (Å²) in [6, 6.07) is 32.2. The second-order valence-corrected chi connectivity index (χ2v) is 8.52. The number of ether oxygens (including phenoxy) is 3. The standard InChI is InChI=1S/C29H37NO3/c1-24(2)28(23-33-22-21-32-20-19-31-3)30-29(25-13-7-4-8-14-25,26-15-9-5-10-16-26)27-17-11-6-12-18-27/h4-18,24,28,30H,19-23H2,1-3H3/t28-/m0/s1. The van der Waals surface area contributed by atoms with E-state index in [0.717, 1.165) is 0 Å². The van der Waals surface area contributed by atoms with Crippen molar-refractivity contribution in [3.63, 3.8) is 0 Å². The first-order valence-electron chi connectivity index (χ1n) is 11.8. The zero-order valence-corrected chi connectivity index (χ0v) is 20.1. The van der Waals surface area contributed by atoms with Gasteiger partial charge in [0.1, 0.15) is 0 Å². The van der Waals surface area contributed by atoms with E-state index in [9.17, 15) is 0 Å². The van der Waals surface area contributed by atoms with Crippen molar-refractivity contribution in [2.75, 3.05) is 40.1 Å². The van der Waals surface area contributed by atoms with Gasteiger partial charge in [0.15, 0.2) is 0 Å². The van der Waals surface area contributed by atoms with E-state index in [1.54, 1.807) is 7.11 Å². The lowest BCUT2D eigenvalue weighted by atomic mass is 9.76. The zero-order chi connectivity index (χ0) is 23.4. The van der Waals surface area contributed by atoms with Gasteiger partial charge in [0.05, 0.1) is 38.6 Å². The molecule has 3 aromatic rings. The van der Waals surface area contributed by atoms with Crippen LogP contribution in [0.2, 0.25) is 0 Å². The van der Waals surface area contributed by atoms with E-state index in [-0.39, 0.29) is 6.04 Å². The van der Waals surface area contributed by atoms with Gasteiger partial charge in [-0.3, -0.25) is 5.32 Å². The van der Waals surface area contributed by atoms with Gasteiger partial charge < -0.3 is 14.2 Å². The van der Waals surface area contributed by atoms with Crippen LogP contribution in [0.3, 0.4) is 0 Å². The maximum Gasteiger partial charge on any atom is 0.0950 e. The summed E-state index contributed by atoms with van der Waals surface area (Å²) in [6.45, 7) is 7.39. The zero-order valence-electron chi connectivity index (χ0n) is 20.1. The molecule has 0 aliphatic carbocycles. The fourth-order valence-electron chi connectivity index (χ4n) is 4.07. The molecule has 0 aliphatic rings. The highest BCUT2D eigenvalue weighted by molar-refractivity contribution is 5.49. The molecule has 0 radical (unpaired) electrons. The smallest absolute Gasteiger partial charge is 0.0950 e. The summed E-state index contributed by atoms with van der Waals surface area (Å²) in [4.78, 5) is 0. The van der Waals surface area contributed by atoms with E-state index in [4.69, 9.17) is 14.2 Å². The van der Waals surface area contributed by atoms with Gasteiger partial charge in [0, 0.05) is 13.2 Å². The van der Waals surface area contributed by atoms with E-state index in [1.807, 2.05) is 0 Å². The number of nitrogens with one attached hydrogen (secondary N) is 1. The van der Waals surface area contributed by atoms with Gasteiger partial charge in [0.2, 0.25) is 0 Å². The molecule has 3 aromatic carbocycles. The van der Waals surface area contributed by atoms with E-state index in [0.29, 0.717) is 39.0 Å². The molecular formula is C29H37NO3. The minimum Gasteiger partial charge on any atom is -0.382 e. The van der Waals surface area contributed by atoms with Crippen molar-refractivity contribution >= 4 is 0 Å². The minimum atomic E-state index is -0.503. The average molecular weight is 448 g/mol. The van der Waals surface area contributed by atoms with Crippen LogP contribution in [0.15, 0.2) is 91.0 Å². The molecule has 0 saturated heterocycles. The lowest BCUT2D eigenvalue weighted by molar-refractivity contribution is 0.0143. The van der Waals surface area contributed by atoms with Crippen LogP contribution in [0.25, 0.3) is 0 Å². The first-order valence-corrected chi connectivity index (χ1v) is 11.8. The predicted octanol–water partition coefficient (Wildman–Crippen LogP) is 5.27. The van der Waals surface area contributed by atoms with Crippen LogP contribution in [-0.4, -0.2) is 46.2 Å². The molecule has 0 heterocycles. The highest BCUT2D eigenvalue weighted by atomic mass is 16.5. The minimum absolute atomic E-state index is 0.129. The molecule has 0 spiro atoms. The fourth-order valence-corrected chi connectivity index (χ4v) is 4.07. The fraction of sp³-hybridized carbons (Fsp3) is 0.379. The molecular weight excluding hydrogens is 410 g/mol. The lowest BCUT2D eigenvalue weighted by Gasteiger charge is -2.41. The third kappa shape index (κ3) is 6.75. The van der Waals surface area contributed by atoms with Crippen molar-refractivity contribution in [1.82, 2.24) is 5.32 Å². The second-order valence-electron chi connectivity index (χ2n) is 8.52. The molecule has 33 heavy (non-hydrogen) atoms. The van der Waals surface area contributed by atoms with Gasteiger partial charge >= 0.3 is 0 Å². The summed E-state index contributed by atoms with van der Waals surface area (Å²) in [5.41, 5.74) is 3.11. The summed E-state index contributed by atoms with van der Waals surface area (Å²) in [5, 5.41) is 4.04. The van der Waals surface area contributed by atoms with Crippen molar-refractivity contribution in [2.24, 2.45) is 5.92 Å². The van der Waals surface area contributed by atoms with Crippen molar-refractivity contribution < 1.29 is 14.2 Å². The van der Waals surface area contributed by atoms with E-state index < -0.39 is 5.54 Å². The number of rotatable bonds is 14. The summed E-state index contributed by atoms with van der Waals surface area (Å²) in [7, 11) is 1.68. The monoisotopic (exact) mass is 447 g/mol. The molecule has 1 N–H and O–H groups in total. The Morgan fingerprint density at radius 2 is 1.06 bits per heavy atom. The number of hydrogen-bond acceptors (Lipinski definition) is 4. The van der Waals surface area contributed by atoms with Gasteiger partial charge in [-0.15, -0.1) is 0 Å². The summed E-state index contributed by atoms with van der Waals surface area (Å²) < 4.78 is 16.6. The van der Waals surface area contributed by atoms with Gasteiger partial charge in [-0.05, 0) is 22.6 Å². The van der Waals surface area contributed by atoms with Crippen LogP contribution in [0, 0.1) is 5.92 Å². The Bertz CT molecular complexity index is 803. The van der Waals surface area contributed by atoms with E-state index in [2.05, 4.69) is 110 Å². The third-order valence-electron chi connectivity index (χ3n) is 5.93. The number of methoxy groups -OCH3 is 1. The highest BCUT2D eigenvalue weighted by Crippen LogP contribution is 2.37. The van der Waals surface area contributed by atoms with Crippen molar-refractivity contribution in [3.8, 4) is 0 Å². The van der Waals surface area contributed by atoms with E-state index >= 15 is 0 Å².